The molecule has 0 aliphatic rings. The molecule has 0 spiro atoms. The highest BCUT2D eigenvalue weighted by molar-refractivity contribution is 7.90. The van der Waals surface area contributed by atoms with Gasteiger partial charge in [0.25, 0.3) is 0 Å². The molecule has 0 saturated carbocycles. The first-order valence-electron chi connectivity index (χ1n) is 2.99. The third-order valence-electron chi connectivity index (χ3n) is 1.01. The second-order valence-corrected chi connectivity index (χ2v) is 3.91. The highest BCUT2D eigenvalue weighted by Crippen LogP contribution is 2.21. The van der Waals surface area contributed by atoms with Crippen LogP contribution in [0.25, 0.3) is 0 Å². The summed E-state index contributed by atoms with van der Waals surface area (Å²) in [6.07, 6.45) is 0. The molecule has 8 heteroatoms. The molecule has 0 heterocycles. The van der Waals surface area contributed by atoms with Crippen molar-refractivity contribution in [3.8, 4) is 0 Å². The average Bonchev–Trinajstić information content (AvgIpc) is 1.84. The van der Waals surface area contributed by atoms with Gasteiger partial charge in [-0.05, 0) is 6.92 Å². The molecule has 0 aliphatic carbocycles. The summed E-state index contributed by atoms with van der Waals surface area (Å²) in [5.74, 6) is 0. The molecule has 3 N–H and O–H groups in total. The second kappa shape index (κ2) is 3.58. The van der Waals surface area contributed by atoms with Crippen LogP contribution < -0.4 is 10.5 Å². The van der Waals surface area contributed by atoms with E-state index in [0.29, 0.717) is 0 Å². The van der Waals surface area contributed by atoms with Crippen molar-refractivity contribution in [3.63, 3.8) is 0 Å². The molecule has 0 rings (SSSR count). The predicted octanol–water partition coefficient (Wildman–Crippen LogP) is -0.227. The number of sulfonamides is 1. The predicted molar refractivity (Wildman–Crippen MR) is 36.6 cm³/mol. The maximum Gasteiger partial charge on any atom is 0.511 e. The fraction of sp³-hybridized carbons (Fsp3) is 1.00. The van der Waals surface area contributed by atoms with E-state index in [9.17, 15) is 21.6 Å². The molecule has 0 aliphatic heterocycles. The van der Waals surface area contributed by atoms with Crippen LogP contribution in [-0.2, 0) is 10.0 Å². The van der Waals surface area contributed by atoms with Crippen LogP contribution in [-0.4, -0.2) is 26.5 Å². The van der Waals surface area contributed by atoms with E-state index >= 15 is 0 Å². The first-order valence-corrected chi connectivity index (χ1v) is 4.47. The summed E-state index contributed by atoms with van der Waals surface area (Å²) in [5, 5.41) is 0. The van der Waals surface area contributed by atoms with Crippen LogP contribution in [0.3, 0.4) is 0 Å². The summed E-state index contributed by atoms with van der Waals surface area (Å²) in [6.45, 7) is 1.05. The normalized spacial score (nSPS) is 16.1. The standard InChI is InChI=1S/C4H9F3N2O2S/c1-3(2-8)9-12(10,11)4(5,6)7/h3,9H,2,8H2,1H3/t3-/m1/s1. The maximum absolute atomic E-state index is 11.6. The largest absolute Gasteiger partial charge is 0.511 e. The van der Waals surface area contributed by atoms with Crippen LogP contribution in [0.4, 0.5) is 13.2 Å². The highest BCUT2D eigenvalue weighted by Gasteiger charge is 2.46. The van der Waals surface area contributed by atoms with Gasteiger partial charge < -0.3 is 5.73 Å². The maximum atomic E-state index is 11.6. The monoisotopic (exact) mass is 206 g/mol. The van der Waals surface area contributed by atoms with Crippen molar-refractivity contribution in [2.75, 3.05) is 6.54 Å². The SMILES string of the molecule is C[C@H](CN)NS(=O)(=O)C(F)(F)F. The smallest absolute Gasteiger partial charge is 0.329 e. The number of hydrogen-bond acceptors (Lipinski definition) is 3. The second-order valence-electron chi connectivity index (χ2n) is 2.20. The summed E-state index contributed by atoms with van der Waals surface area (Å²) in [6, 6.07) is -0.920. The minimum Gasteiger partial charge on any atom is -0.329 e. The number of rotatable bonds is 3. The zero-order valence-corrected chi connectivity index (χ0v) is 7.04. The van der Waals surface area contributed by atoms with Crippen LogP contribution in [0, 0.1) is 0 Å². The van der Waals surface area contributed by atoms with Crippen LogP contribution in [0.1, 0.15) is 6.92 Å². The van der Waals surface area contributed by atoms with Crippen LogP contribution in [0.5, 0.6) is 0 Å². The lowest BCUT2D eigenvalue weighted by Gasteiger charge is -2.13. The molecule has 0 saturated heterocycles. The summed E-state index contributed by atoms with van der Waals surface area (Å²) in [7, 11) is -5.24. The fourth-order valence-corrected chi connectivity index (χ4v) is 1.14. The van der Waals surface area contributed by atoms with Crippen LogP contribution in [0.15, 0.2) is 0 Å². The highest BCUT2D eigenvalue weighted by atomic mass is 32.2. The van der Waals surface area contributed by atoms with Crippen molar-refractivity contribution < 1.29 is 21.6 Å². The minimum absolute atomic E-state index is 0.185. The Morgan fingerprint density at radius 1 is 1.50 bits per heavy atom. The number of halogens is 3. The van der Waals surface area contributed by atoms with Gasteiger partial charge in [0, 0.05) is 12.6 Å². The Bertz CT molecular complexity index is 235. The summed E-state index contributed by atoms with van der Waals surface area (Å²) >= 11 is 0. The number of nitrogens with two attached hydrogens (primary N) is 1. The molecule has 0 bridgehead atoms. The van der Waals surface area contributed by atoms with Crippen LogP contribution in [0.2, 0.25) is 0 Å². The topological polar surface area (TPSA) is 72.2 Å². The van der Waals surface area contributed by atoms with E-state index in [1.54, 1.807) is 0 Å². The van der Waals surface area contributed by atoms with Gasteiger partial charge in [-0.15, -0.1) is 0 Å². The van der Waals surface area contributed by atoms with E-state index in [2.05, 4.69) is 0 Å². The molecule has 0 aromatic heterocycles. The van der Waals surface area contributed by atoms with Crippen molar-refractivity contribution in [1.29, 1.82) is 0 Å². The molecule has 74 valence electrons. The first kappa shape index (κ1) is 11.7. The fourth-order valence-electron chi connectivity index (χ4n) is 0.380. The lowest BCUT2D eigenvalue weighted by atomic mass is 10.4. The molecule has 12 heavy (non-hydrogen) atoms. The van der Waals surface area contributed by atoms with E-state index in [1.165, 1.54) is 11.6 Å². The Kier molecular flexibility index (Phi) is 3.48. The number of nitrogens with one attached hydrogen (secondary N) is 1. The Hall–Kier alpha value is -0.340. The van der Waals surface area contributed by atoms with E-state index < -0.39 is 21.6 Å². The number of hydrogen-bond donors (Lipinski definition) is 2. The van der Waals surface area contributed by atoms with Gasteiger partial charge in [0.05, 0.1) is 0 Å². The van der Waals surface area contributed by atoms with Gasteiger partial charge in [-0.2, -0.15) is 13.2 Å². The molecule has 0 aromatic rings. The third-order valence-corrected chi connectivity index (χ3v) is 2.34. The molecule has 0 amide bonds. The van der Waals surface area contributed by atoms with Crippen molar-refractivity contribution in [3.05, 3.63) is 0 Å². The van der Waals surface area contributed by atoms with E-state index in [1.807, 2.05) is 0 Å². The van der Waals surface area contributed by atoms with Crippen molar-refractivity contribution >= 4 is 10.0 Å². The quantitative estimate of drug-likeness (QED) is 0.670. The molecular formula is C4H9F3N2O2S. The minimum atomic E-state index is -5.27. The molecule has 1 atom stereocenters. The molecule has 0 unspecified atom stereocenters. The molecule has 4 nitrogen and oxygen atoms in total. The Morgan fingerprint density at radius 3 is 2.17 bits per heavy atom. The van der Waals surface area contributed by atoms with Gasteiger partial charge in [0.15, 0.2) is 0 Å². The zero-order chi connectivity index (χ0) is 9.99. The van der Waals surface area contributed by atoms with Gasteiger partial charge in [0.1, 0.15) is 0 Å². The molecule has 0 radical (unpaired) electrons. The Labute approximate surface area is 68.0 Å². The summed E-state index contributed by atoms with van der Waals surface area (Å²) in [5.41, 5.74) is -0.339. The lowest BCUT2D eigenvalue weighted by Crippen LogP contribution is -2.44. The van der Waals surface area contributed by atoms with E-state index in [0.717, 1.165) is 0 Å². The van der Waals surface area contributed by atoms with Crippen molar-refractivity contribution in [2.45, 2.75) is 18.5 Å². The van der Waals surface area contributed by atoms with Gasteiger partial charge in [-0.1, -0.05) is 0 Å². The summed E-state index contributed by atoms with van der Waals surface area (Å²) in [4.78, 5) is 0. The van der Waals surface area contributed by atoms with Crippen molar-refractivity contribution in [2.24, 2.45) is 5.73 Å². The molecule has 0 fully saturated rings. The van der Waals surface area contributed by atoms with E-state index in [4.69, 9.17) is 5.73 Å². The van der Waals surface area contributed by atoms with Gasteiger partial charge in [0.2, 0.25) is 0 Å². The van der Waals surface area contributed by atoms with E-state index in [-0.39, 0.29) is 6.54 Å². The van der Waals surface area contributed by atoms with Crippen LogP contribution >= 0.6 is 0 Å². The Morgan fingerprint density at radius 2 is 1.92 bits per heavy atom. The van der Waals surface area contributed by atoms with Gasteiger partial charge >= 0.3 is 15.5 Å². The molecular weight excluding hydrogens is 197 g/mol. The zero-order valence-electron chi connectivity index (χ0n) is 6.22. The van der Waals surface area contributed by atoms with Crippen molar-refractivity contribution in [1.82, 2.24) is 4.72 Å². The van der Waals surface area contributed by atoms with Gasteiger partial charge in [-0.25, -0.2) is 13.1 Å². The number of alkyl halides is 3. The molecule has 0 aromatic carbocycles. The third kappa shape index (κ3) is 2.95. The lowest BCUT2D eigenvalue weighted by molar-refractivity contribution is -0.0450. The first-order chi connectivity index (χ1) is 5.20. The average molecular weight is 206 g/mol. The summed E-state index contributed by atoms with van der Waals surface area (Å²) < 4.78 is 56.9. The van der Waals surface area contributed by atoms with Gasteiger partial charge in [-0.3, -0.25) is 0 Å². The Balaban J connectivity index is 4.46.